The molecule has 0 saturated heterocycles. The van der Waals surface area contributed by atoms with Crippen LogP contribution < -0.4 is 0 Å². The molecule has 0 unspecified atom stereocenters. The van der Waals surface area contributed by atoms with Crippen LogP contribution in [0.1, 0.15) is 11.1 Å². The first-order chi connectivity index (χ1) is 10.7. The molecule has 0 aliphatic heterocycles. The average Bonchev–Trinajstić information content (AvgIpc) is 2.57. The van der Waals surface area contributed by atoms with E-state index in [0.717, 1.165) is 32.1 Å². The fourth-order valence-electron chi connectivity index (χ4n) is 1.77. The van der Waals surface area contributed by atoms with E-state index in [-0.39, 0.29) is 0 Å². The summed E-state index contributed by atoms with van der Waals surface area (Å²) in [7, 11) is 0. The molecule has 0 saturated carbocycles. The Morgan fingerprint density at radius 2 is 1.27 bits per heavy atom. The second kappa shape index (κ2) is 11.3. The molecule has 0 aliphatic carbocycles. The highest BCUT2D eigenvalue weighted by molar-refractivity contribution is 5.78. The number of hydrogen-bond acceptors (Lipinski definition) is 2. The minimum absolute atomic E-state index is 0.802. The lowest BCUT2D eigenvalue weighted by Crippen LogP contribution is -2.02. The van der Waals surface area contributed by atoms with E-state index in [1.165, 1.54) is 11.1 Å². The van der Waals surface area contributed by atoms with Gasteiger partial charge in [-0.05, 0) is 24.0 Å². The monoisotopic (exact) mass is 298 g/mol. The molecule has 0 heterocycles. The van der Waals surface area contributed by atoms with E-state index in [2.05, 4.69) is 55.1 Å². The second-order valence-electron chi connectivity index (χ2n) is 4.63. The van der Waals surface area contributed by atoms with Crippen LogP contribution in [0, 0.1) is 0 Å². The zero-order valence-electron chi connectivity index (χ0n) is 12.7. The summed E-state index contributed by atoms with van der Waals surface area (Å²) in [6, 6.07) is 20.9. The van der Waals surface area contributed by atoms with Crippen molar-refractivity contribution in [3.63, 3.8) is 0 Å². The lowest BCUT2D eigenvalue weighted by Gasteiger charge is -2.04. The maximum absolute atomic E-state index is 9.25. The molecular formula is C19H22O3. The molecule has 0 radical (unpaired) electrons. The van der Waals surface area contributed by atoms with Crippen molar-refractivity contribution in [1.29, 1.82) is 0 Å². The highest BCUT2D eigenvalue weighted by Gasteiger charge is 1.94. The van der Waals surface area contributed by atoms with Crippen molar-refractivity contribution in [2.24, 2.45) is 0 Å². The van der Waals surface area contributed by atoms with E-state index < -0.39 is 5.97 Å². The molecule has 2 aromatic carbocycles. The number of carboxylic acids is 1. The summed E-state index contributed by atoms with van der Waals surface area (Å²) in [4.78, 5) is 9.25. The van der Waals surface area contributed by atoms with Gasteiger partial charge in [0.05, 0.1) is 13.2 Å². The summed E-state index contributed by atoms with van der Waals surface area (Å²) >= 11 is 0. The van der Waals surface area contributed by atoms with Gasteiger partial charge in [0.25, 0.3) is 0 Å². The molecule has 22 heavy (non-hydrogen) atoms. The summed E-state index contributed by atoms with van der Waals surface area (Å²) in [6.07, 6.45) is 2.82. The summed E-state index contributed by atoms with van der Waals surface area (Å²) in [6.45, 7) is 4.57. The van der Waals surface area contributed by atoms with Crippen molar-refractivity contribution >= 4 is 5.97 Å². The van der Waals surface area contributed by atoms with Crippen molar-refractivity contribution in [2.75, 3.05) is 13.2 Å². The number of carbonyl (C=O) groups is 1. The number of benzene rings is 2. The number of ether oxygens (including phenoxy) is 1. The number of hydrogen-bond donors (Lipinski definition) is 1. The van der Waals surface area contributed by atoms with Crippen molar-refractivity contribution in [3.8, 4) is 0 Å². The minimum Gasteiger partial charge on any atom is -0.478 e. The van der Waals surface area contributed by atoms with E-state index in [1.54, 1.807) is 0 Å². The molecule has 0 aromatic heterocycles. The Morgan fingerprint density at radius 3 is 1.59 bits per heavy atom. The predicted octanol–water partition coefficient (Wildman–Crippen LogP) is 3.75. The van der Waals surface area contributed by atoms with Gasteiger partial charge in [-0.25, -0.2) is 4.79 Å². The predicted molar refractivity (Wildman–Crippen MR) is 88.9 cm³/mol. The zero-order chi connectivity index (χ0) is 16.0. The Balaban J connectivity index is 0.000000422. The van der Waals surface area contributed by atoms with E-state index in [4.69, 9.17) is 9.84 Å². The molecule has 0 fully saturated rings. The third kappa shape index (κ3) is 8.72. The summed E-state index contributed by atoms with van der Waals surface area (Å²) in [5, 5.41) is 7.60. The lowest BCUT2D eigenvalue weighted by atomic mass is 10.1. The summed E-state index contributed by atoms with van der Waals surface area (Å²) in [5.41, 5.74) is 2.68. The molecule has 0 amide bonds. The van der Waals surface area contributed by atoms with Gasteiger partial charge in [0.2, 0.25) is 0 Å². The molecule has 0 spiro atoms. The van der Waals surface area contributed by atoms with Crippen LogP contribution >= 0.6 is 0 Å². The number of aliphatic carboxylic acids is 1. The van der Waals surface area contributed by atoms with Gasteiger partial charge in [-0.2, -0.15) is 0 Å². The van der Waals surface area contributed by atoms with E-state index in [0.29, 0.717) is 0 Å². The van der Waals surface area contributed by atoms with Crippen molar-refractivity contribution in [1.82, 2.24) is 0 Å². The summed E-state index contributed by atoms with van der Waals surface area (Å²) < 4.78 is 5.64. The molecule has 2 rings (SSSR count). The topological polar surface area (TPSA) is 46.5 Å². The average molecular weight is 298 g/mol. The fraction of sp³-hybridized carbons (Fsp3) is 0.211. The second-order valence-corrected chi connectivity index (χ2v) is 4.63. The third-order valence-electron chi connectivity index (χ3n) is 2.93. The Kier molecular flexibility index (Phi) is 9.06. The minimum atomic E-state index is -0.981. The van der Waals surface area contributed by atoms with Gasteiger partial charge in [0, 0.05) is 6.08 Å². The normalized spacial score (nSPS) is 9.45. The SMILES string of the molecule is C=CC(=O)O.c1ccc(CCOCCc2ccccc2)cc1. The summed E-state index contributed by atoms with van der Waals surface area (Å²) in [5.74, 6) is -0.981. The highest BCUT2D eigenvalue weighted by Crippen LogP contribution is 2.02. The van der Waals surface area contributed by atoms with Crippen LogP contribution in [-0.2, 0) is 22.4 Å². The van der Waals surface area contributed by atoms with Gasteiger partial charge in [0.15, 0.2) is 0 Å². The first-order valence-electron chi connectivity index (χ1n) is 7.23. The van der Waals surface area contributed by atoms with Gasteiger partial charge >= 0.3 is 5.97 Å². The zero-order valence-corrected chi connectivity index (χ0v) is 12.7. The highest BCUT2D eigenvalue weighted by atomic mass is 16.5. The third-order valence-corrected chi connectivity index (χ3v) is 2.93. The Morgan fingerprint density at radius 1 is 0.909 bits per heavy atom. The first-order valence-corrected chi connectivity index (χ1v) is 7.23. The quantitative estimate of drug-likeness (QED) is 0.625. The standard InChI is InChI=1S/C16H18O.C3H4O2/c1-3-7-15(8-4-1)11-13-17-14-12-16-9-5-2-6-10-16;1-2-3(4)5/h1-10H,11-14H2;2H,1H2,(H,4,5). The van der Waals surface area contributed by atoms with Crippen molar-refractivity contribution < 1.29 is 14.6 Å². The van der Waals surface area contributed by atoms with Crippen LogP contribution in [0.15, 0.2) is 73.3 Å². The van der Waals surface area contributed by atoms with Crippen LogP contribution in [0.25, 0.3) is 0 Å². The first kappa shape index (κ1) is 17.7. The van der Waals surface area contributed by atoms with Gasteiger partial charge < -0.3 is 9.84 Å². The number of carboxylic acid groups (broad SMARTS) is 1. The maximum atomic E-state index is 9.25. The van der Waals surface area contributed by atoms with Crippen LogP contribution in [0.2, 0.25) is 0 Å². The van der Waals surface area contributed by atoms with Crippen LogP contribution in [0.3, 0.4) is 0 Å². The van der Waals surface area contributed by atoms with Crippen LogP contribution in [-0.4, -0.2) is 24.3 Å². The molecular weight excluding hydrogens is 276 g/mol. The van der Waals surface area contributed by atoms with Gasteiger partial charge in [-0.15, -0.1) is 0 Å². The molecule has 0 aliphatic rings. The molecule has 0 bridgehead atoms. The van der Waals surface area contributed by atoms with Crippen LogP contribution in [0.4, 0.5) is 0 Å². The van der Waals surface area contributed by atoms with Gasteiger partial charge in [-0.1, -0.05) is 67.2 Å². The van der Waals surface area contributed by atoms with E-state index in [9.17, 15) is 4.79 Å². The molecule has 2 aromatic rings. The Bertz CT molecular complexity index is 494. The van der Waals surface area contributed by atoms with E-state index in [1.807, 2.05) is 12.1 Å². The molecule has 0 atom stereocenters. The van der Waals surface area contributed by atoms with Crippen molar-refractivity contribution in [2.45, 2.75) is 12.8 Å². The Labute approximate surface area is 131 Å². The number of rotatable bonds is 7. The van der Waals surface area contributed by atoms with E-state index >= 15 is 0 Å². The molecule has 1 N–H and O–H groups in total. The Hall–Kier alpha value is -2.39. The fourth-order valence-corrected chi connectivity index (χ4v) is 1.77. The van der Waals surface area contributed by atoms with Gasteiger partial charge in [-0.3, -0.25) is 0 Å². The molecule has 3 heteroatoms. The van der Waals surface area contributed by atoms with Crippen LogP contribution in [0.5, 0.6) is 0 Å². The van der Waals surface area contributed by atoms with Crippen molar-refractivity contribution in [3.05, 3.63) is 84.4 Å². The largest absolute Gasteiger partial charge is 0.478 e. The smallest absolute Gasteiger partial charge is 0.327 e. The van der Waals surface area contributed by atoms with Gasteiger partial charge in [0.1, 0.15) is 0 Å². The molecule has 116 valence electrons. The lowest BCUT2D eigenvalue weighted by molar-refractivity contribution is -0.131. The maximum Gasteiger partial charge on any atom is 0.327 e. The molecule has 3 nitrogen and oxygen atoms in total.